The summed E-state index contributed by atoms with van der Waals surface area (Å²) in [5.41, 5.74) is 5.67. The molecule has 1 aliphatic heterocycles. The van der Waals surface area contributed by atoms with Gasteiger partial charge < -0.3 is 10.6 Å². The summed E-state index contributed by atoms with van der Waals surface area (Å²) in [6.45, 7) is 7.01. The predicted octanol–water partition coefficient (Wildman–Crippen LogP) is 2.52. The third kappa shape index (κ3) is 2.70. The van der Waals surface area contributed by atoms with Crippen molar-refractivity contribution in [1.82, 2.24) is 4.90 Å². The van der Waals surface area contributed by atoms with Gasteiger partial charge in [-0.3, -0.25) is 0 Å². The molecule has 3 heteroatoms. The predicted molar refractivity (Wildman–Crippen MR) is 73.9 cm³/mol. The van der Waals surface area contributed by atoms with Crippen molar-refractivity contribution in [1.29, 1.82) is 5.26 Å². The molecule has 102 valence electrons. The Kier molecular flexibility index (Phi) is 4.29. The first-order chi connectivity index (χ1) is 8.57. The van der Waals surface area contributed by atoms with Crippen molar-refractivity contribution < 1.29 is 0 Å². The van der Waals surface area contributed by atoms with Crippen LogP contribution in [0.2, 0.25) is 0 Å². The van der Waals surface area contributed by atoms with E-state index in [-0.39, 0.29) is 0 Å². The first-order valence-electron chi connectivity index (χ1n) is 7.51. The van der Waals surface area contributed by atoms with Crippen LogP contribution in [0.15, 0.2) is 0 Å². The van der Waals surface area contributed by atoms with Crippen LogP contribution in [0.5, 0.6) is 0 Å². The van der Waals surface area contributed by atoms with Gasteiger partial charge in [-0.25, -0.2) is 0 Å². The standard InChI is InChI=1S/C15H27N3/c1-12(2)14-6-4-9-18(14)10-7-13-5-3-8-15(13,17)11-16/h12-14H,3-10,17H2,1-2H3. The highest BCUT2D eigenvalue weighted by Crippen LogP contribution is 2.36. The Morgan fingerprint density at radius 1 is 1.39 bits per heavy atom. The summed E-state index contributed by atoms with van der Waals surface area (Å²) < 4.78 is 0. The summed E-state index contributed by atoms with van der Waals surface area (Å²) >= 11 is 0. The molecular formula is C15H27N3. The number of nitrogens with zero attached hydrogens (tertiary/aromatic N) is 2. The number of hydrogen-bond acceptors (Lipinski definition) is 3. The molecule has 2 fully saturated rings. The van der Waals surface area contributed by atoms with E-state index in [1.165, 1.54) is 19.4 Å². The van der Waals surface area contributed by atoms with Gasteiger partial charge in [-0.15, -0.1) is 0 Å². The van der Waals surface area contributed by atoms with Crippen molar-refractivity contribution in [2.75, 3.05) is 13.1 Å². The fourth-order valence-electron chi connectivity index (χ4n) is 3.86. The van der Waals surface area contributed by atoms with Gasteiger partial charge in [-0.1, -0.05) is 20.3 Å². The average molecular weight is 249 g/mol. The average Bonchev–Trinajstić information content (AvgIpc) is 2.93. The fourth-order valence-corrected chi connectivity index (χ4v) is 3.86. The topological polar surface area (TPSA) is 53.0 Å². The minimum atomic E-state index is -0.535. The molecule has 0 aromatic rings. The van der Waals surface area contributed by atoms with Gasteiger partial charge in [0.25, 0.3) is 0 Å². The molecule has 1 heterocycles. The van der Waals surface area contributed by atoms with Crippen molar-refractivity contribution in [3.8, 4) is 6.07 Å². The molecule has 1 saturated carbocycles. The largest absolute Gasteiger partial charge is 0.313 e. The molecule has 3 atom stereocenters. The summed E-state index contributed by atoms with van der Waals surface area (Å²) in [5, 5.41) is 9.24. The molecule has 0 amide bonds. The summed E-state index contributed by atoms with van der Waals surface area (Å²) in [4.78, 5) is 2.63. The maximum atomic E-state index is 9.24. The second kappa shape index (κ2) is 5.59. The van der Waals surface area contributed by atoms with Crippen molar-refractivity contribution >= 4 is 0 Å². The molecule has 0 aromatic heterocycles. The van der Waals surface area contributed by atoms with Crippen LogP contribution >= 0.6 is 0 Å². The molecule has 2 aliphatic rings. The molecule has 3 nitrogen and oxygen atoms in total. The monoisotopic (exact) mass is 249 g/mol. The zero-order valence-corrected chi connectivity index (χ0v) is 11.9. The fraction of sp³-hybridized carbons (Fsp3) is 0.933. The van der Waals surface area contributed by atoms with E-state index in [0.717, 1.165) is 44.2 Å². The Morgan fingerprint density at radius 3 is 2.83 bits per heavy atom. The second-order valence-electron chi connectivity index (χ2n) is 6.52. The van der Waals surface area contributed by atoms with E-state index in [1.54, 1.807) is 0 Å². The maximum absolute atomic E-state index is 9.24. The van der Waals surface area contributed by atoms with Gasteiger partial charge in [0.05, 0.1) is 6.07 Å². The highest BCUT2D eigenvalue weighted by Gasteiger charge is 2.40. The smallest absolute Gasteiger partial charge is 0.107 e. The Balaban J connectivity index is 1.86. The van der Waals surface area contributed by atoms with Crippen LogP contribution in [0, 0.1) is 23.2 Å². The molecule has 0 aromatic carbocycles. The molecule has 0 bridgehead atoms. The van der Waals surface area contributed by atoms with Crippen LogP contribution in [-0.4, -0.2) is 29.6 Å². The van der Waals surface area contributed by atoms with Crippen molar-refractivity contribution in [2.24, 2.45) is 17.6 Å². The van der Waals surface area contributed by atoms with Crippen molar-refractivity contribution in [3.63, 3.8) is 0 Å². The van der Waals surface area contributed by atoms with Gasteiger partial charge in [0.1, 0.15) is 5.54 Å². The van der Waals surface area contributed by atoms with Crippen LogP contribution < -0.4 is 5.73 Å². The van der Waals surface area contributed by atoms with Crippen LogP contribution in [0.1, 0.15) is 52.4 Å². The molecule has 1 saturated heterocycles. The summed E-state index contributed by atoms with van der Waals surface area (Å²) in [5.74, 6) is 1.16. The molecule has 2 rings (SSSR count). The van der Waals surface area contributed by atoms with Gasteiger partial charge >= 0.3 is 0 Å². The van der Waals surface area contributed by atoms with Crippen LogP contribution in [0.3, 0.4) is 0 Å². The molecule has 0 spiro atoms. The van der Waals surface area contributed by atoms with Crippen LogP contribution in [0.25, 0.3) is 0 Å². The number of hydrogen-bond donors (Lipinski definition) is 1. The lowest BCUT2D eigenvalue weighted by Crippen LogP contribution is -2.43. The third-order valence-corrected chi connectivity index (χ3v) is 5.03. The van der Waals surface area contributed by atoms with E-state index in [1.807, 2.05) is 0 Å². The zero-order valence-electron chi connectivity index (χ0n) is 11.9. The van der Waals surface area contributed by atoms with Crippen molar-refractivity contribution in [2.45, 2.75) is 64.0 Å². The Labute approximate surface area is 111 Å². The van der Waals surface area contributed by atoms with Crippen LogP contribution in [0.4, 0.5) is 0 Å². The van der Waals surface area contributed by atoms with E-state index in [2.05, 4.69) is 24.8 Å². The lowest BCUT2D eigenvalue weighted by atomic mass is 9.87. The highest BCUT2D eigenvalue weighted by molar-refractivity contribution is 5.12. The normalized spacial score (nSPS) is 37.3. The second-order valence-corrected chi connectivity index (χ2v) is 6.52. The molecule has 18 heavy (non-hydrogen) atoms. The highest BCUT2D eigenvalue weighted by atomic mass is 15.2. The summed E-state index contributed by atoms with van der Waals surface area (Å²) in [7, 11) is 0. The third-order valence-electron chi connectivity index (χ3n) is 5.03. The Hall–Kier alpha value is -0.590. The molecule has 2 N–H and O–H groups in total. The van der Waals surface area contributed by atoms with Gasteiger partial charge in [0, 0.05) is 6.04 Å². The first-order valence-corrected chi connectivity index (χ1v) is 7.51. The molecular weight excluding hydrogens is 222 g/mol. The van der Waals surface area contributed by atoms with Gasteiger partial charge in [-0.05, 0) is 57.0 Å². The number of nitrogens with two attached hydrogens (primary N) is 1. The molecule has 3 unspecified atom stereocenters. The van der Waals surface area contributed by atoms with Crippen LogP contribution in [-0.2, 0) is 0 Å². The molecule has 0 radical (unpaired) electrons. The minimum absolute atomic E-state index is 0.413. The van der Waals surface area contributed by atoms with Gasteiger partial charge in [0.2, 0.25) is 0 Å². The lowest BCUT2D eigenvalue weighted by molar-refractivity contribution is 0.186. The maximum Gasteiger partial charge on any atom is 0.107 e. The van der Waals surface area contributed by atoms with Gasteiger partial charge in [-0.2, -0.15) is 5.26 Å². The van der Waals surface area contributed by atoms with E-state index < -0.39 is 5.54 Å². The Bertz CT molecular complexity index is 320. The van der Waals surface area contributed by atoms with E-state index in [0.29, 0.717) is 5.92 Å². The SMILES string of the molecule is CC(C)C1CCCN1CCC1CCCC1(N)C#N. The van der Waals surface area contributed by atoms with E-state index in [9.17, 15) is 5.26 Å². The van der Waals surface area contributed by atoms with E-state index >= 15 is 0 Å². The zero-order chi connectivity index (χ0) is 13.2. The lowest BCUT2D eigenvalue weighted by Gasteiger charge is -2.30. The first kappa shape index (κ1) is 13.8. The summed E-state index contributed by atoms with van der Waals surface area (Å²) in [6, 6.07) is 3.11. The van der Waals surface area contributed by atoms with E-state index in [4.69, 9.17) is 5.73 Å². The number of rotatable bonds is 4. The summed E-state index contributed by atoms with van der Waals surface area (Å²) in [6.07, 6.45) is 6.94. The number of nitriles is 1. The van der Waals surface area contributed by atoms with Crippen molar-refractivity contribution in [3.05, 3.63) is 0 Å². The quantitative estimate of drug-likeness (QED) is 0.833. The number of likely N-dealkylation sites (tertiary alicyclic amines) is 1. The Morgan fingerprint density at radius 2 is 2.17 bits per heavy atom. The minimum Gasteiger partial charge on any atom is -0.313 e. The molecule has 1 aliphatic carbocycles. The van der Waals surface area contributed by atoms with Gasteiger partial charge in [0.15, 0.2) is 0 Å².